The Labute approximate surface area is 143 Å². The Balaban J connectivity index is 1.82. The van der Waals surface area contributed by atoms with E-state index >= 15 is 0 Å². The van der Waals surface area contributed by atoms with Gasteiger partial charge in [-0.25, -0.2) is 4.79 Å². The molecule has 1 heterocycles. The molecule has 1 unspecified atom stereocenters. The van der Waals surface area contributed by atoms with Crippen molar-refractivity contribution in [1.82, 2.24) is 10.2 Å². The zero-order chi connectivity index (χ0) is 17.2. The summed E-state index contributed by atoms with van der Waals surface area (Å²) in [7, 11) is 0. The summed E-state index contributed by atoms with van der Waals surface area (Å²) in [6, 6.07) is 14.9. The molecule has 4 nitrogen and oxygen atoms in total. The van der Waals surface area contributed by atoms with Crippen molar-refractivity contribution in [2.75, 3.05) is 19.6 Å². The van der Waals surface area contributed by atoms with Gasteiger partial charge >= 0.3 is 6.09 Å². The van der Waals surface area contributed by atoms with Crippen LogP contribution in [-0.2, 0) is 11.2 Å². The molecule has 1 amide bonds. The molecule has 2 aromatic rings. The van der Waals surface area contributed by atoms with Gasteiger partial charge in [-0.05, 0) is 43.5 Å². The molecule has 3 rings (SSSR count). The number of hydrogen-bond donors (Lipinski definition) is 1. The van der Waals surface area contributed by atoms with Crippen LogP contribution in [0.5, 0.6) is 0 Å². The smallest absolute Gasteiger partial charge is 0.410 e. The van der Waals surface area contributed by atoms with Gasteiger partial charge in [0.1, 0.15) is 5.60 Å². The number of ether oxygens (including phenoxy) is 1. The molecule has 4 heteroatoms. The van der Waals surface area contributed by atoms with Crippen LogP contribution < -0.4 is 5.32 Å². The third kappa shape index (κ3) is 3.88. The van der Waals surface area contributed by atoms with Crippen LogP contribution in [0.4, 0.5) is 4.79 Å². The number of nitrogens with one attached hydrogen (secondary N) is 1. The third-order valence-corrected chi connectivity index (χ3v) is 4.31. The summed E-state index contributed by atoms with van der Waals surface area (Å²) in [5.74, 6) is 0. The van der Waals surface area contributed by atoms with Crippen molar-refractivity contribution in [3.05, 3.63) is 48.0 Å². The fourth-order valence-corrected chi connectivity index (χ4v) is 3.23. The van der Waals surface area contributed by atoms with E-state index in [1.807, 2.05) is 25.7 Å². The van der Waals surface area contributed by atoms with Crippen molar-refractivity contribution in [1.29, 1.82) is 0 Å². The second-order valence-electron chi connectivity index (χ2n) is 7.37. The van der Waals surface area contributed by atoms with Gasteiger partial charge in [-0.15, -0.1) is 0 Å². The molecule has 0 aromatic heterocycles. The molecule has 1 N–H and O–H groups in total. The highest BCUT2D eigenvalue weighted by Crippen LogP contribution is 2.22. The normalized spacial score (nSPS) is 18.6. The monoisotopic (exact) mass is 326 g/mol. The molecule has 1 aliphatic heterocycles. The number of fused-ring (bicyclic) bond motifs is 1. The van der Waals surface area contributed by atoms with Gasteiger partial charge in [0.05, 0.1) is 6.04 Å². The van der Waals surface area contributed by atoms with Crippen LogP contribution in [0.1, 0.15) is 26.3 Å². The molecule has 0 bridgehead atoms. The minimum atomic E-state index is -0.466. The highest BCUT2D eigenvalue weighted by Gasteiger charge is 2.30. The largest absolute Gasteiger partial charge is 0.444 e. The Hall–Kier alpha value is -2.07. The van der Waals surface area contributed by atoms with Gasteiger partial charge in [0, 0.05) is 19.6 Å². The second-order valence-corrected chi connectivity index (χ2v) is 7.37. The molecule has 0 spiro atoms. The first-order valence-electron chi connectivity index (χ1n) is 8.61. The number of carbonyl (C=O) groups excluding carboxylic acids is 1. The minimum Gasteiger partial charge on any atom is -0.444 e. The highest BCUT2D eigenvalue weighted by molar-refractivity contribution is 5.85. The number of benzene rings is 2. The average Bonchev–Trinajstić information content (AvgIpc) is 2.54. The van der Waals surface area contributed by atoms with Crippen LogP contribution >= 0.6 is 0 Å². The van der Waals surface area contributed by atoms with Gasteiger partial charge in [-0.3, -0.25) is 0 Å². The first kappa shape index (κ1) is 16.8. The van der Waals surface area contributed by atoms with Crippen LogP contribution in [0.25, 0.3) is 10.8 Å². The lowest BCUT2D eigenvalue weighted by atomic mass is 9.97. The molecular weight excluding hydrogens is 300 g/mol. The molecule has 1 fully saturated rings. The summed E-state index contributed by atoms with van der Waals surface area (Å²) in [6.07, 6.45) is 0.613. The topological polar surface area (TPSA) is 41.6 Å². The third-order valence-electron chi connectivity index (χ3n) is 4.31. The maximum atomic E-state index is 12.6. The Morgan fingerprint density at radius 1 is 1.21 bits per heavy atom. The van der Waals surface area contributed by atoms with Crippen LogP contribution in [0.2, 0.25) is 0 Å². The lowest BCUT2D eigenvalue weighted by Crippen LogP contribution is -2.55. The number of piperazine rings is 1. The van der Waals surface area contributed by atoms with Crippen molar-refractivity contribution in [3.8, 4) is 0 Å². The number of nitrogens with zero attached hydrogens (tertiary/aromatic N) is 1. The van der Waals surface area contributed by atoms with E-state index in [0.717, 1.165) is 19.5 Å². The van der Waals surface area contributed by atoms with Gasteiger partial charge in [0.2, 0.25) is 0 Å². The maximum Gasteiger partial charge on any atom is 0.410 e. The second kappa shape index (κ2) is 6.81. The van der Waals surface area contributed by atoms with Crippen molar-refractivity contribution in [2.24, 2.45) is 0 Å². The molecule has 24 heavy (non-hydrogen) atoms. The van der Waals surface area contributed by atoms with Crippen LogP contribution in [0, 0.1) is 0 Å². The van der Waals surface area contributed by atoms with E-state index in [2.05, 4.69) is 47.8 Å². The zero-order valence-electron chi connectivity index (χ0n) is 14.7. The number of rotatable bonds is 2. The molecular formula is C20H26N2O2. The fourth-order valence-electron chi connectivity index (χ4n) is 3.23. The lowest BCUT2D eigenvalue weighted by Gasteiger charge is -2.37. The summed E-state index contributed by atoms with van der Waals surface area (Å²) < 4.78 is 5.59. The van der Waals surface area contributed by atoms with Gasteiger partial charge < -0.3 is 15.0 Å². The number of hydrogen-bond acceptors (Lipinski definition) is 3. The molecule has 1 saturated heterocycles. The van der Waals surface area contributed by atoms with Crippen molar-refractivity contribution in [3.63, 3.8) is 0 Å². The summed E-state index contributed by atoms with van der Waals surface area (Å²) >= 11 is 0. The molecule has 0 radical (unpaired) electrons. The van der Waals surface area contributed by atoms with E-state index in [0.29, 0.717) is 6.54 Å². The first-order chi connectivity index (χ1) is 11.4. The van der Waals surface area contributed by atoms with Crippen LogP contribution in [-0.4, -0.2) is 42.3 Å². The Morgan fingerprint density at radius 3 is 2.75 bits per heavy atom. The number of amides is 1. The quantitative estimate of drug-likeness (QED) is 0.917. The van der Waals surface area contributed by atoms with Gasteiger partial charge in [0.15, 0.2) is 0 Å². The van der Waals surface area contributed by atoms with Gasteiger partial charge in [-0.2, -0.15) is 0 Å². The predicted octanol–water partition coefficient (Wildman–Crippen LogP) is 3.59. The molecule has 1 aliphatic rings. The Kier molecular flexibility index (Phi) is 4.76. The van der Waals surface area contributed by atoms with Gasteiger partial charge in [-0.1, -0.05) is 42.5 Å². The summed E-state index contributed by atoms with van der Waals surface area (Å²) in [5.41, 5.74) is 0.807. The standard InChI is InChI=1S/C20H26N2O2/c1-20(2,3)24-19(23)22-12-11-21-14-17(22)13-16-9-6-8-15-7-4-5-10-18(15)16/h4-10,17,21H,11-14H2,1-3H3. The van der Waals surface area contributed by atoms with Crippen molar-refractivity contribution >= 4 is 16.9 Å². The summed E-state index contributed by atoms with van der Waals surface area (Å²) in [4.78, 5) is 14.4. The molecule has 2 aromatic carbocycles. The van der Waals surface area contributed by atoms with Crippen LogP contribution in [0.3, 0.4) is 0 Å². The highest BCUT2D eigenvalue weighted by atomic mass is 16.6. The van der Waals surface area contributed by atoms with Crippen LogP contribution in [0.15, 0.2) is 42.5 Å². The fraction of sp³-hybridized carbons (Fsp3) is 0.450. The lowest BCUT2D eigenvalue weighted by molar-refractivity contribution is 0.0122. The molecule has 0 saturated carbocycles. The summed E-state index contributed by atoms with van der Waals surface area (Å²) in [5, 5.41) is 5.90. The molecule has 0 aliphatic carbocycles. The van der Waals surface area contributed by atoms with E-state index in [1.165, 1.54) is 16.3 Å². The zero-order valence-corrected chi connectivity index (χ0v) is 14.7. The SMILES string of the molecule is CC(C)(C)OC(=O)N1CCNCC1Cc1cccc2ccccc12. The minimum absolute atomic E-state index is 0.111. The molecule has 1 atom stereocenters. The Morgan fingerprint density at radius 2 is 1.96 bits per heavy atom. The van der Waals surface area contributed by atoms with E-state index in [9.17, 15) is 4.79 Å². The van der Waals surface area contributed by atoms with Crippen molar-refractivity contribution < 1.29 is 9.53 Å². The predicted molar refractivity (Wildman–Crippen MR) is 97.2 cm³/mol. The average molecular weight is 326 g/mol. The van der Waals surface area contributed by atoms with Crippen molar-refractivity contribution in [2.45, 2.75) is 38.8 Å². The number of carbonyl (C=O) groups is 1. The van der Waals surface area contributed by atoms with Gasteiger partial charge in [0.25, 0.3) is 0 Å². The van der Waals surface area contributed by atoms with E-state index in [4.69, 9.17) is 4.74 Å². The molecule has 128 valence electrons. The maximum absolute atomic E-state index is 12.6. The first-order valence-corrected chi connectivity index (χ1v) is 8.61. The Bertz CT molecular complexity index is 716. The van der Waals surface area contributed by atoms with E-state index < -0.39 is 5.60 Å². The van der Waals surface area contributed by atoms with E-state index in [1.54, 1.807) is 0 Å². The summed E-state index contributed by atoms with van der Waals surface area (Å²) in [6.45, 7) is 8.02. The van der Waals surface area contributed by atoms with E-state index in [-0.39, 0.29) is 12.1 Å².